The average Bonchev–Trinajstić information content (AvgIpc) is 2.72. The van der Waals surface area contributed by atoms with Gasteiger partial charge in [0.2, 0.25) is 0 Å². The largest absolute Gasteiger partial charge is 0.299 e. The Morgan fingerprint density at radius 3 is 3.12 bits per heavy atom. The second-order valence-electron chi connectivity index (χ2n) is 4.84. The SMILES string of the molecule is CCCc1nc(CN2CCC(=O)C(C)C2)cs1. The Balaban J connectivity index is 1.89. The van der Waals surface area contributed by atoms with Gasteiger partial charge in [-0.2, -0.15) is 0 Å². The first-order chi connectivity index (χ1) is 8.19. The smallest absolute Gasteiger partial charge is 0.138 e. The van der Waals surface area contributed by atoms with E-state index in [4.69, 9.17) is 0 Å². The lowest BCUT2D eigenvalue weighted by atomic mass is 9.99. The van der Waals surface area contributed by atoms with E-state index in [0.29, 0.717) is 12.2 Å². The van der Waals surface area contributed by atoms with Gasteiger partial charge in [0.25, 0.3) is 0 Å². The quantitative estimate of drug-likeness (QED) is 0.825. The maximum atomic E-state index is 11.4. The number of carbonyl (C=O) groups excluding carboxylic acids is 1. The van der Waals surface area contributed by atoms with E-state index in [-0.39, 0.29) is 5.92 Å². The molecule has 3 nitrogen and oxygen atoms in total. The van der Waals surface area contributed by atoms with Gasteiger partial charge < -0.3 is 0 Å². The Bertz CT molecular complexity index is 389. The lowest BCUT2D eigenvalue weighted by molar-refractivity contribution is -0.125. The van der Waals surface area contributed by atoms with E-state index in [1.165, 1.54) is 10.7 Å². The van der Waals surface area contributed by atoms with E-state index >= 15 is 0 Å². The maximum absolute atomic E-state index is 11.4. The molecule has 1 saturated heterocycles. The van der Waals surface area contributed by atoms with Gasteiger partial charge in [0.1, 0.15) is 5.78 Å². The first-order valence-corrected chi connectivity index (χ1v) is 7.25. The molecule has 1 aliphatic rings. The predicted octanol–water partition coefficient (Wildman–Crippen LogP) is 2.51. The van der Waals surface area contributed by atoms with Crippen LogP contribution in [0.15, 0.2) is 5.38 Å². The highest BCUT2D eigenvalue weighted by Gasteiger charge is 2.23. The number of likely N-dealkylation sites (tertiary alicyclic amines) is 1. The highest BCUT2D eigenvalue weighted by Crippen LogP contribution is 2.17. The number of aromatic nitrogens is 1. The summed E-state index contributed by atoms with van der Waals surface area (Å²) in [4.78, 5) is 18.4. The van der Waals surface area contributed by atoms with Crippen molar-refractivity contribution in [1.29, 1.82) is 0 Å². The number of aryl methyl sites for hydroxylation is 1. The Morgan fingerprint density at radius 1 is 1.59 bits per heavy atom. The zero-order valence-electron chi connectivity index (χ0n) is 10.6. The minimum Gasteiger partial charge on any atom is -0.299 e. The molecule has 1 atom stereocenters. The molecule has 0 bridgehead atoms. The molecule has 1 fully saturated rings. The van der Waals surface area contributed by atoms with E-state index in [1.54, 1.807) is 11.3 Å². The van der Waals surface area contributed by atoms with Crippen LogP contribution in [0.1, 0.15) is 37.4 Å². The molecular weight excluding hydrogens is 232 g/mol. The summed E-state index contributed by atoms with van der Waals surface area (Å²) in [5.74, 6) is 0.601. The van der Waals surface area contributed by atoms with Crippen LogP contribution in [0.5, 0.6) is 0 Å². The summed E-state index contributed by atoms with van der Waals surface area (Å²) >= 11 is 1.76. The third kappa shape index (κ3) is 3.36. The van der Waals surface area contributed by atoms with Crippen molar-refractivity contribution in [2.24, 2.45) is 5.92 Å². The van der Waals surface area contributed by atoms with Crippen molar-refractivity contribution >= 4 is 17.1 Å². The van der Waals surface area contributed by atoms with Crippen LogP contribution in [0, 0.1) is 5.92 Å². The van der Waals surface area contributed by atoms with Crippen molar-refractivity contribution < 1.29 is 4.79 Å². The highest BCUT2D eigenvalue weighted by atomic mass is 32.1. The van der Waals surface area contributed by atoms with Crippen LogP contribution in [0.2, 0.25) is 0 Å². The normalized spacial score (nSPS) is 22.0. The summed E-state index contributed by atoms with van der Waals surface area (Å²) in [6, 6.07) is 0. The van der Waals surface area contributed by atoms with Crippen LogP contribution in [-0.2, 0) is 17.8 Å². The molecule has 0 N–H and O–H groups in total. The molecule has 1 aliphatic heterocycles. The summed E-state index contributed by atoms with van der Waals surface area (Å²) in [5, 5.41) is 3.40. The van der Waals surface area contributed by atoms with Gasteiger partial charge in [0.15, 0.2) is 0 Å². The molecule has 0 saturated carbocycles. The Morgan fingerprint density at radius 2 is 2.41 bits per heavy atom. The van der Waals surface area contributed by atoms with E-state index in [1.807, 2.05) is 6.92 Å². The number of nitrogens with zero attached hydrogens (tertiary/aromatic N) is 2. The number of ketones is 1. The van der Waals surface area contributed by atoms with Crippen LogP contribution < -0.4 is 0 Å². The molecule has 0 aliphatic carbocycles. The minimum atomic E-state index is 0.192. The van der Waals surface area contributed by atoms with E-state index in [2.05, 4.69) is 22.2 Å². The number of thiazole rings is 1. The zero-order valence-corrected chi connectivity index (χ0v) is 11.4. The van der Waals surface area contributed by atoms with Gasteiger partial charge in [-0.25, -0.2) is 4.98 Å². The highest BCUT2D eigenvalue weighted by molar-refractivity contribution is 7.09. The number of hydrogen-bond acceptors (Lipinski definition) is 4. The van der Waals surface area contributed by atoms with Crippen LogP contribution in [0.25, 0.3) is 0 Å². The van der Waals surface area contributed by atoms with Crippen LogP contribution in [0.4, 0.5) is 0 Å². The molecule has 0 spiro atoms. The van der Waals surface area contributed by atoms with Crippen molar-refractivity contribution in [2.75, 3.05) is 13.1 Å². The summed E-state index contributed by atoms with van der Waals surface area (Å²) in [6.07, 6.45) is 2.94. The number of piperidine rings is 1. The Kier molecular flexibility index (Phi) is 4.29. The number of carbonyl (C=O) groups is 1. The second kappa shape index (κ2) is 5.74. The van der Waals surface area contributed by atoms with Crippen molar-refractivity contribution in [3.05, 3.63) is 16.1 Å². The lowest BCUT2D eigenvalue weighted by Gasteiger charge is -2.29. The monoisotopic (exact) mass is 252 g/mol. The summed E-state index contributed by atoms with van der Waals surface area (Å²) in [5.41, 5.74) is 1.17. The van der Waals surface area contributed by atoms with Crippen molar-refractivity contribution in [3.8, 4) is 0 Å². The summed E-state index contributed by atoms with van der Waals surface area (Å²) < 4.78 is 0. The number of rotatable bonds is 4. The number of Topliss-reactive ketones (excluding diaryl/α,β-unsaturated/α-hetero) is 1. The summed E-state index contributed by atoms with van der Waals surface area (Å²) in [7, 11) is 0. The molecular formula is C13H20N2OS. The molecule has 1 aromatic rings. The van der Waals surface area contributed by atoms with Crippen molar-refractivity contribution in [2.45, 2.75) is 39.7 Å². The molecule has 4 heteroatoms. The van der Waals surface area contributed by atoms with Crippen LogP contribution in [-0.4, -0.2) is 28.8 Å². The lowest BCUT2D eigenvalue weighted by Crippen LogP contribution is -2.39. The summed E-state index contributed by atoms with van der Waals surface area (Å²) in [6.45, 7) is 6.89. The third-order valence-electron chi connectivity index (χ3n) is 3.20. The van der Waals surface area contributed by atoms with Gasteiger partial charge in [-0.15, -0.1) is 11.3 Å². The first-order valence-electron chi connectivity index (χ1n) is 6.37. The van der Waals surface area contributed by atoms with Crippen LogP contribution in [0.3, 0.4) is 0 Å². The molecule has 0 aromatic carbocycles. The van der Waals surface area contributed by atoms with Gasteiger partial charge in [0.05, 0.1) is 10.7 Å². The minimum absolute atomic E-state index is 0.192. The van der Waals surface area contributed by atoms with Gasteiger partial charge in [-0.1, -0.05) is 13.8 Å². The molecule has 17 heavy (non-hydrogen) atoms. The van der Waals surface area contributed by atoms with Crippen LogP contribution >= 0.6 is 11.3 Å². The molecule has 2 heterocycles. The molecule has 1 aromatic heterocycles. The maximum Gasteiger partial charge on any atom is 0.138 e. The Hall–Kier alpha value is -0.740. The van der Waals surface area contributed by atoms with E-state index < -0.39 is 0 Å². The number of hydrogen-bond donors (Lipinski definition) is 0. The molecule has 0 amide bonds. The second-order valence-corrected chi connectivity index (χ2v) is 5.78. The standard InChI is InChI=1S/C13H20N2OS/c1-3-4-13-14-11(9-17-13)8-15-6-5-12(16)10(2)7-15/h9-10H,3-8H2,1-2H3. The molecule has 1 unspecified atom stereocenters. The fourth-order valence-electron chi connectivity index (χ4n) is 2.22. The fraction of sp³-hybridized carbons (Fsp3) is 0.692. The first kappa shape index (κ1) is 12.7. The van der Waals surface area contributed by atoms with Gasteiger partial charge >= 0.3 is 0 Å². The fourth-order valence-corrected chi connectivity index (χ4v) is 3.11. The average molecular weight is 252 g/mol. The van der Waals surface area contributed by atoms with Crippen molar-refractivity contribution in [1.82, 2.24) is 9.88 Å². The van der Waals surface area contributed by atoms with Gasteiger partial charge in [-0.05, 0) is 12.8 Å². The topological polar surface area (TPSA) is 33.2 Å². The molecule has 0 radical (unpaired) electrons. The van der Waals surface area contributed by atoms with E-state index in [0.717, 1.165) is 32.5 Å². The molecule has 2 rings (SSSR count). The Labute approximate surface area is 107 Å². The van der Waals surface area contributed by atoms with Crippen molar-refractivity contribution in [3.63, 3.8) is 0 Å². The zero-order chi connectivity index (χ0) is 12.3. The van der Waals surface area contributed by atoms with E-state index in [9.17, 15) is 4.79 Å². The predicted molar refractivity (Wildman–Crippen MR) is 70.2 cm³/mol. The molecule has 94 valence electrons. The van der Waals surface area contributed by atoms with Gasteiger partial charge in [-0.3, -0.25) is 9.69 Å². The van der Waals surface area contributed by atoms with Gasteiger partial charge in [0, 0.05) is 37.4 Å². The third-order valence-corrected chi connectivity index (χ3v) is 4.16.